The van der Waals surface area contributed by atoms with Gasteiger partial charge in [-0.3, -0.25) is 4.79 Å². The normalized spacial score (nSPS) is 10.0. The van der Waals surface area contributed by atoms with Crippen molar-refractivity contribution >= 4 is 28.8 Å². The standard InChI is InChI=1S/C8H7N3O2S/c9-7-3-6(11-13-7)8(12)10-5-1-2-14-4-5/h1-4H,9H2,(H,10,12). The van der Waals surface area contributed by atoms with Crippen molar-refractivity contribution < 1.29 is 9.32 Å². The van der Waals surface area contributed by atoms with E-state index in [9.17, 15) is 4.79 Å². The number of hydrogen-bond donors (Lipinski definition) is 2. The predicted molar refractivity (Wildman–Crippen MR) is 53.2 cm³/mol. The fourth-order valence-electron chi connectivity index (χ4n) is 0.927. The average molecular weight is 209 g/mol. The molecular weight excluding hydrogens is 202 g/mol. The van der Waals surface area contributed by atoms with Crippen LogP contribution in [-0.2, 0) is 0 Å². The Balaban J connectivity index is 2.10. The molecule has 0 aliphatic carbocycles. The summed E-state index contributed by atoms with van der Waals surface area (Å²) >= 11 is 1.50. The van der Waals surface area contributed by atoms with Gasteiger partial charge in [-0.2, -0.15) is 11.3 Å². The van der Waals surface area contributed by atoms with Crippen LogP contribution in [0.1, 0.15) is 10.5 Å². The van der Waals surface area contributed by atoms with Crippen molar-refractivity contribution in [2.24, 2.45) is 0 Å². The molecule has 0 aromatic carbocycles. The number of anilines is 2. The lowest BCUT2D eigenvalue weighted by molar-refractivity contribution is 0.101. The maximum Gasteiger partial charge on any atom is 0.277 e. The predicted octanol–water partition coefficient (Wildman–Crippen LogP) is 1.57. The second-order valence-electron chi connectivity index (χ2n) is 2.58. The van der Waals surface area contributed by atoms with Crippen LogP contribution in [0.5, 0.6) is 0 Å². The van der Waals surface area contributed by atoms with Gasteiger partial charge in [0, 0.05) is 11.4 Å². The highest BCUT2D eigenvalue weighted by Gasteiger charge is 2.11. The molecule has 0 atom stereocenters. The highest BCUT2D eigenvalue weighted by Crippen LogP contribution is 2.13. The molecule has 0 saturated heterocycles. The van der Waals surface area contributed by atoms with Gasteiger partial charge in [0.1, 0.15) is 0 Å². The average Bonchev–Trinajstić information content (AvgIpc) is 2.75. The largest absolute Gasteiger partial charge is 0.368 e. The molecule has 2 heterocycles. The second kappa shape index (κ2) is 3.51. The summed E-state index contributed by atoms with van der Waals surface area (Å²) in [6.07, 6.45) is 0. The minimum Gasteiger partial charge on any atom is -0.368 e. The van der Waals surface area contributed by atoms with Gasteiger partial charge in [-0.1, -0.05) is 5.16 Å². The number of thiophene rings is 1. The zero-order valence-corrected chi connectivity index (χ0v) is 7.88. The highest BCUT2D eigenvalue weighted by molar-refractivity contribution is 7.08. The number of carbonyl (C=O) groups excluding carboxylic acids is 1. The van der Waals surface area contributed by atoms with E-state index in [0.717, 1.165) is 5.69 Å². The lowest BCUT2D eigenvalue weighted by Crippen LogP contribution is -2.11. The van der Waals surface area contributed by atoms with Crippen molar-refractivity contribution in [2.45, 2.75) is 0 Å². The number of hydrogen-bond acceptors (Lipinski definition) is 5. The number of nitrogens with two attached hydrogens (primary N) is 1. The first-order valence-corrected chi connectivity index (χ1v) is 4.76. The first-order valence-electron chi connectivity index (χ1n) is 3.81. The van der Waals surface area contributed by atoms with E-state index >= 15 is 0 Å². The molecule has 3 N–H and O–H groups in total. The van der Waals surface area contributed by atoms with E-state index in [2.05, 4.69) is 15.0 Å². The quantitative estimate of drug-likeness (QED) is 0.786. The number of aromatic nitrogens is 1. The Bertz CT molecular complexity index is 435. The van der Waals surface area contributed by atoms with E-state index in [4.69, 9.17) is 5.73 Å². The molecule has 0 fully saturated rings. The van der Waals surface area contributed by atoms with E-state index in [1.807, 2.05) is 10.8 Å². The van der Waals surface area contributed by atoms with Gasteiger partial charge < -0.3 is 15.6 Å². The molecule has 0 unspecified atom stereocenters. The van der Waals surface area contributed by atoms with Crippen LogP contribution in [0.4, 0.5) is 11.6 Å². The molecule has 2 rings (SSSR count). The lowest BCUT2D eigenvalue weighted by atomic mass is 10.4. The Morgan fingerprint density at radius 3 is 3.07 bits per heavy atom. The number of amides is 1. The van der Waals surface area contributed by atoms with Crippen LogP contribution in [0.25, 0.3) is 0 Å². The van der Waals surface area contributed by atoms with E-state index in [0.29, 0.717) is 0 Å². The van der Waals surface area contributed by atoms with Crippen molar-refractivity contribution in [1.82, 2.24) is 5.16 Å². The van der Waals surface area contributed by atoms with E-state index < -0.39 is 0 Å². The highest BCUT2D eigenvalue weighted by atomic mass is 32.1. The van der Waals surface area contributed by atoms with Crippen molar-refractivity contribution in [1.29, 1.82) is 0 Å². The molecule has 0 saturated carbocycles. The van der Waals surface area contributed by atoms with Crippen LogP contribution in [-0.4, -0.2) is 11.1 Å². The van der Waals surface area contributed by atoms with Crippen molar-refractivity contribution in [3.8, 4) is 0 Å². The van der Waals surface area contributed by atoms with Gasteiger partial charge in [0.05, 0.1) is 5.69 Å². The summed E-state index contributed by atoms with van der Waals surface area (Å²) in [5.74, 6) is -0.204. The maximum absolute atomic E-state index is 11.4. The minimum atomic E-state index is -0.330. The molecule has 2 aromatic rings. The Kier molecular flexibility index (Phi) is 2.19. The number of rotatable bonds is 2. The van der Waals surface area contributed by atoms with Gasteiger partial charge in [0.15, 0.2) is 5.69 Å². The third kappa shape index (κ3) is 1.74. The molecule has 2 aromatic heterocycles. The van der Waals surface area contributed by atoms with Crippen LogP contribution in [0, 0.1) is 0 Å². The third-order valence-electron chi connectivity index (χ3n) is 1.54. The zero-order valence-electron chi connectivity index (χ0n) is 7.06. The molecule has 1 amide bonds. The van der Waals surface area contributed by atoms with E-state index in [1.54, 1.807) is 6.07 Å². The Morgan fingerprint density at radius 2 is 2.50 bits per heavy atom. The molecule has 0 aliphatic heterocycles. The number of nitrogens with zero attached hydrogens (tertiary/aromatic N) is 1. The first kappa shape index (κ1) is 8.76. The first-order chi connectivity index (χ1) is 6.75. The summed E-state index contributed by atoms with van der Waals surface area (Å²) in [6.45, 7) is 0. The van der Waals surface area contributed by atoms with Gasteiger partial charge >= 0.3 is 0 Å². The van der Waals surface area contributed by atoms with E-state index in [-0.39, 0.29) is 17.5 Å². The zero-order chi connectivity index (χ0) is 9.97. The van der Waals surface area contributed by atoms with Gasteiger partial charge in [0.25, 0.3) is 5.91 Å². The van der Waals surface area contributed by atoms with Crippen molar-refractivity contribution in [3.63, 3.8) is 0 Å². The summed E-state index contributed by atoms with van der Waals surface area (Å²) in [7, 11) is 0. The van der Waals surface area contributed by atoms with Gasteiger partial charge in [-0.05, 0) is 11.4 Å². The topological polar surface area (TPSA) is 81.2 Å². The summed E-state index contributed by atoms with van der Waals surface area (Å²) < 4.78 is 4.57. The van der Waals surface area contributed by atoms with Crippen LogP contribution < -0.4 is 11.1 Å². The molecule has 72 valence electrons. The summed E-state index contributed by atoms with van der Waals surface area (Å²) in [6, 6.07) is 3.17. The minimum absolute atomic E-state index is 0.125. The monoisotopic (exact) mass is 209 g/mol. The van der Waals surface area contributed by atoms with Crippen LogP contribution in [0.3, 0.4) is 0 Å². The van der Waals surface area contributed by atoms with Crippen molar-refractivity contribution in [2.75, 3.05) is 11.1 Å². The third-order valence-corrected chi connectivity index (χ3v) is 2.22. The molecule has 14 heavy (non-hydrogen) atoms. The number of nitrogen functional groups attached to an aromatic ring is 1. The van der Waals surface area contributed by atoms with Gasteiger partial charge in [0.2, 0.25) is 5.88 Å². The van der Waals surface area contributed by atoms with Crippen LogP contribution in [0.15, 0.2) is 27.4 Å². The number of nitrogens with one attached hydrogen (secondary N) is 1. The summed E-state index contributed by atoms with van der Waals surface area (Å²) in [4.78, 5) is 11.4. The fourth-order valence-corrected chi connectivity index (χ4v) is 1.51. The maximum atomic E-state index is 11.4. The lowest BCUT2D eigenvalue weighted by Gasteiger charge is -1.96. The molecule has 5 nitrogen and oxygen atoms in total. The summed E-state index contributed by atoms with van der Waals surface area (Å²) in [5.41, 5.74) is 6.19. The molecule has 0 bridgehead atoms. The SMILES string of the molecule is Nc1cc(C(=O)Nc2ccsc2)no1. The Hall–Kier alpha value is -1.82. The van der Waals surface area contributed by atoms with Gasteiger partial charge in [-0.25, -0.2) is 0 Å². The molecule has 0 aliphatic rings. The van der Waals surface area contributed by atoms with E-state index in [1.165, 1.54) is 17.4 Å². The van der Waals surface area contributed by atoms with Crippen LogP contribution >= 0.6 is 11.3 Å². The fraction of sp³-hybridized carbons (Fsp3) is 0. The molecule has 6 heteroatoms. The molecular formula is C8H7N3O2S. The Morgan fingerprint density at radius 1 is 1.64 bits per heavy atom. The second-order valence-corrected chi connectivity index (χ2v) is 3.36. The van der Waals surface area contributed by atoms with Crippen molar-refractivity contribution in [3.05, 3.63) is 28.6 Å². The van der Waals surface area contributed by atoms with Gasteiger partial charge in [-0.15, -0.1) is 0 Å². The summed E-state index contributed by atoms with van der Waals surface area (Å²) in [5, 5.41) is 9.82. The van der Waals surface area contributed by atoms with Crippen LogP contribution in [0.2, 0.25) is 0 Å². The molecule has 0 radical (unpaired) electrons. The molecule has 0 spiro atoms. The number of carbonyl (C=O) groups is 1. The Labute approximate surface area is 83.5 Å². The smallest absolute Gasteiger partial charge is 0.277 e.